The highest BCUT2D eigenvalue weighted by atomic mass is 19.1. The predicted molar refractivity (Wildman–Crippen MR) is 54.9 cm³/mol. The molecule has 0 aliphatic heterocycles. The van der Waals surface area contributed by atoms with Crippen LogP contribution < -0.4 is 0 Å². The topological polar surface area (TPSA) is 83.8 Å². The molecule has 0 aliphatic rings. The summed E-state index contributed by atoms with van der Waals surface area (Å²) in [6.45, 7) is 1.44. The lowest BCUT2D eigenvalue weighted by atomic mass is 10.0. The molecule has 98 valence electrons. The van der Waals surface area contributed by atoms with Gasteiger partial charge in [0, 0.05) is 11.6 Å². The summed E-state index contributed by atoms with van der Waals surface area (Å²) in [5, 5.41) is 18.1. The average molecular weight is 260 g/mol. The molecule has 0 fully saturated rings. The molecule has 7 heteroatoms. The van der Waals surface area contributed by atoms with Gasteiger partial charge in [-0.3, -0.25) is 0 Å². The van der Waals surface area contributed by atoms with Gasteiger partial charge in [-0.1, -0.05) is 0 Å². The van der Waals surface area contributed by atoms with Gasteiger partial charge in [-0.2, -0.15) is 0 Å². The zero-order chi connectivity index (χ0) is 13.9. The van der Waals surface area contributed by atoms with Crippen molar-refractivity contribution in [2.45, 2.75) is 13.0 Å². The number of aliphatic hydroxyl groups is 1. The monoisotopic (exact) mass is 260 g/mol. The summed E-state index contributed by atoms with van der Waals surface area (Å²) < 4.78 is 30.9. The van der Waals surface area contributed by atoms with Crippen molar-refractivity contribution in [1.82, 2.24) is 0 Å². The van der Waals surface area contributed by atoms with Crippen LogP contribution in [0.5, 0.6) is 0 Å². The quantitative estimate of drug-likeness (QED) is 0.796. The molecule has 1 atom stereocenters. The second-order valence-electron chi connectivity index (χ2n) is 3.31. The third-order valence-corrected chi connectivity index (χ3v) is 2.12. The summed E-state index contributed by atoms with van der Waals surface area (Å²) in [6, 6.07) is 0.857. The first kappa shape index (κ1) is 14.0. The summed E-state index contributed by atoms with van der Waals surface area (Å²) in [5.41, 5.74) is -1.48. The molecule has 0 saturated heterocycles. The van der Waals surface area contributed by atoms with Crippen molar-refractivity contribution in [3.63, 3.8) is 0 Å². The second-order valence-corrected chi connectivity index (χ2v) is 3.31. The second kappa shape index (κ2) is 5.54. The zero-order valence-corrected chi connectivity index (χ0v) is 9.31. The number of carboxylic acids is 1. The molecule has 0 spiro atoms. The molecule has 2 N–H and O–H groups in total. The molecule has 18 heavy (non-hydrogen) atoms. The van der Waals surface area contributed by atoms with Crippen LogP contribution >= 0.6 is 0 Å². The molecular formula is C11H10F2O5. The van der Waals surface area contributed by atoms with E-state index >= 15 is 0 Å². The van der Waals surface area contributed by atoms with Crippen molar-refractivity contribution >= 4 is 11.9 Å². The molecule has 1 rings (SSSR count). The number of hydrogen-bond acceptors (Lipinski definition) is 4. The van der Waals surface area contributed by atoms with Gasteiger partial charge >= 0.3 is 11.9 Å². The third kappa shape index (κ3) is 2.80. The van der Waals surface area contributed by atoms with E-state index in [-0.39, 0.29) is 6.61 Å². The van der Waals surface area contributed by atoms with Crippen LogP contribution in [0.3, 0.4) is 0 Å². The molecule has 5 nitrogen and oxygen atoms in total. The maximum atomic E-state index is 13.3. The van der Waals surface area contributed by atoms with Crippen molar-refractivity contribution in [3.05, 3.63) is 34.9 Å². The molecular weight excluding hydrogens is 250 g/mol. The number of carbonyl (C=O) groups is 2. The van der Waals surface area contributed by atoms with Crippen LogP contribution in [-0.4, -0.2) is 28.8 Å². The van der Waals surface area contributed by atoms with Crippen LogP contribution in [0.2, 0.25) is 0 Å². The highest BCUT2D eigenvalue weighted by Crippen LogP contribution is 2.22. The summed E-state index contributed by atoms with van der Waals surface area (Å²) in [5.74, 6) is -5.29. The lowest BCUT2D eigenvalue weighted by Crippen LogP contribution is -2.18. The minimum Gasteiger partial charge on any atom is -0.478 e. The van der Waals surface area contributed by atoms with E-state index in [0.717, 1.165) is 0 Å². The van der Waals surface area contributed by atoms with Gasteiger partial charge < -0.3 is 14.9 Å². The summed E-state index contributed by atoms with van der Waals surface area (Å²) >= 11 is 0. The number of rotatable bonds is 4. The van der Waals surface area contributed by atoms with E-state index in [1.165, 1.54) is 6.92 Å². The van der Waals surface area contributed by atoms with Gasteiger partial charge in [0.15, 0.2) is 6.10 Å². The largest absolute Gasteiger partial charge is 0.478 e. The Morgan fingerprint density at radius 2 is 1.94 bits per heavy atom. The van der Waals surface area contributed by atoms with E-state index in [9.17, 15) is 23.5 Å². The van der Waals surface area contributed by atoms with Crippen molar-refractivity contribution in [3.8, 4) is 0 Å². The number of aliphatic hydroxyl groups excluding tert-OH is 1. The summed E-state index contributed by atoms with van der Waals surface area (Å²) in [6.07, 6.45) is -2.00. The molecule has 0 bridgehead atoms. The maximum absolute atomic E-state index is 13.3. The molecule has 0 aliphatic carbocycles. The molecule has 1 aromatic rings. The molecule has 0 heterocycles. The fourth-order valence-corrected chi connectivity index (χ4v) is 1.29. The Labute approximate surface area is 101 Å². The van der Waals surface area contributed by atoms with Crippen LogP contribution in [0, 0.1) is 11.6 Å². The third-order valence-electron chi connectivity index (χ3n) is 2.12. The van der Waals surface area contributed by atoms with Crippen molar-refractivity contribution in [1.29, 1.82) is 0 Å². The minimum atomic E-state index is -2.00. The van der Waals surface area contributed by atoms with E-state index < -0.39 is 40.8 Å². The predicted octanol–water partition coefficient (Wildman–Crippen LogP) is 1.26. The number of hydrogen-bond donors (Lipinski definition) is 2. The lowest BCUT2D eigenvalue weighted by Gasteiger charge is -2.11. The van der Waals surface area contributed by atoms with Crippen LogP contribution in [0.4, 0.5) is 8.78 Å². The molecule has 0 saturated carbocycles. The number of halogens is 2. The number of ether oxygens (including phenoxy) is 1. The highest BCUT2D eigenvalue weighted by Gasteiger charge is 2.25. The fourth-order valence-electron chi connectivity index (χ4n) is 1.29. The van der Waals surface area contributed by atoms with Crippen molar-refractivity contribution in [2.75, 3.05) is 6.61 Å². The molecule has 0 aromatic heterocycles. The van der Waals surface area contributed by atoms with Crippen molar-refractivity contribution < 1.29 is 33.3 Å². The van der Waals surface area contributed by atoms with Gasteiger partial charge in [0.25, 0.3) is 0 Å². The first-order chi connectivity index (χ1) is 8.38. The van der Waals surface area contributed by atoms with Crippen LogP contribution in [0.1, 0.15) is 28.9 Å². The Kier molecular flexibility index (Phi) is 4.33. The van der Waals surface area contributed by atoms with Gasteiger partial charge in [-0.15, -0.1) is 0 Å². The average Bonchev–Trinajstić information content (AvgIpc) is 2.28. The van der Waals surface area contributed by atoms with Gasteiger partial charge in [-0.25, -0.2) is 18.4 Å². The fraction of sp³-hybridized carbons (Fsp3) is 0.273. The van der Waals surface area contributed by atoms with Crippen LogP contribution in [0.15, 0.2) is 12.1 Å². The Morgan fingerprint density at radius 1 is 1.33 bits per heavy atom. The number of carbonyl (C=O) groups excluding carboxylic acids is 1. The first-order valence-corrected chi connectivity index (χ1v) is 4.95. The van der Waals surface area contributed by atoms with Crippen LogP contribution in [-0.2, 0) is 9.53 Å². The standard InChI is InChI=1S/C11H10F2O5/c1-2-18-11(17)9(14)5-3-6(10(15)16)8(13)4-7(5)12/h3-4,9,14H,2H2,1H3,(H,15,16). The van der Waals surface area contributed by atoms with Gasteiger partial charge in [0.05, 0.1) is 12.2 Å². The van der Waals surface area contributed by atoms with Gasteiger partial charge in [-0.05, 0) is 13.0 Å². The van der Waals surface area contributed by atoms with E-state index in [0.29, 0.717) is 12.1 Å². The van der Waals surface area contributed by atoms with E-state index in [1.807, 2.05) is 0 Å². The number of carboxylic acid groups (broad SMARTS) is 1. The minimum absolute atomic E-state index is 0.0372. The number of aromatic carboxylic acids is 1. The van der Waals surface area contributed by atoms with Crippen LogP contribution in [0.25, 0.3) is 0 Å². The Bertz CT molecular complexity index is 487. The first-order valence-electron chi connectivity index (χ1n) is 4.95. The summed E-state index contributed by atoms with van der Waals surface area (Å²) in [4.78, 5) is 21.8. The SMILES string of the molecule is CCOC(=O)C(O)c1cc(C(=O)O)c(F)cc1F. The number of benzene rings is 1. The van der Waals surface area contributed by atoms with E-state index in [4.69, 9.17) is 5.11 Å². The highest BCUT2D eigenvalue weighted by molar-refractivity contribution is 5.88. The number of esters is 1. The smallest absolute Gasteiger partial charge is 0.339 e. The Balaban J connectivity index is 3.20. The van der Waals surface area contributed by atoms with E-state index in [2.05, 4.69) is 4.74 Å². The van der Waals surface area contributed by atoms with E-state index in [1.54, 1.807) is 0 Å². The molecule has 1 unspecified atom stereocenters. The van der Waals surface area contributed by atoms with Gasteiger partial charge in [0.1, 0.15) is 11.6 Å². The maximum Gasteiger partial charge on any atom is 0.339 e. The Hall–Kier alpha value is -2.02. The zero-order valence-electron chi connectivity index (χ0n) is 9.31. The normalized spacial score (nSPS) is 12.0. The van der Waals surface area contributed by atoms with Gasteiger partial charge in [0.2, 0.25) is 0 Å². The Morgan fingerprint density at radius 3 is 2.44 bits per heavy atom. The summed E-state index contributed by atoms with van der Waals surface area (Å²) in [7, 11) is 0. The molecule has 0 amide bonds. The molecule has 0 radical (unpaired) electrons. The lowest BCUT2D eigenvalue weighted by molar-refractivity contribution is -0.153. The van der Waals surface area contributed by atoms with Crippen molar-refractivity contribution in [2.24, 2.45) is 0 Å². The molecule has 1 aromatic carbocycles.